The summed E-state index contributed by atoms with van der Waals surface area (Å²) in [7, 11) is 1.62. The van der Waals surface area contributed by atoms with Gasteiger partial charge < -0.3 is 10.3 Å². The van der Waals surface area contributed by atoms with E-state index in [-0.39, 0.29) is 11.5 Å². The van der Waals surface area contributed by atoms with E-state index in [1.807, 2.05) is 17.7 Å². The topological polar surface area (TPSA) is 65.8 Å². The molecule has 0 aliphatic rings. The summed E-state index contributed by atoms with van der Waals surface area (Å²) in [5, 5.41) is 0.614. The van der Waals surface area contributed by atoms with E-state index in [9.17, 15) is 4.79 Å². The quantitative estimate of drug-likeness (QED) is 0.708. The normalized spacial score (nSPS) is 11.0. The molecule has 0 saturated carbocycles. The molecule has 0 unspecified atom stereocenters. The minimum Gasteiger partial charge on any atom is -0.369 e. The number of rotatable bonds is 1. The van der Waals surface area contributed by atoms with Crippen molar-refractivity contribution in [1.82, 2.24) is 14.1 Å². The average molecular weight is 192 g/mol. The summed E-state index contributed by atoms with van der Waals surface area (Å²) in [5.74, 6) is 0.246. The van der Waals surface area contributed by atoms with Crippen LogP contribution >= 0.6 is 0 Å². The Morgan fingerprint density at radius 1 is 1.57 bits per heavy atom. The zero-order chi connectivity index (χ0) is 10.3. The third-order valence-corrected chi connectivity index (χ3v) is 2.37. The summed E-state index contributed by atoms with van der Waals surface area (Å²) >= 11 is 0. The maximum atomic E-state index is 11.7. The van der Waals surface area contributed by atoms with Crippen LogP contribution in [0.4, 0.5) is 5.95 Å². The van der Waals surface area contributed by atoms with Crippen LogP contribution in [0.25, 0.3) is 11.0 Å². The van der Waals surface area contributed by atoms with E-state index in [1.54, 1.807) is 13.1 Å². The molecule has 2 rings (SSSR count). The molecule has 2 aromatic rings. The van der Waals surface area contributed by atoms with Gasteiger partial charge in [-0.15, -0.1) is 0 Å². The molecule has 5 nitrogen and oxygen atoms in total. The molecule has 0 radical (unpaired) electrons. The number of nitrogens with two attached hydrogens (primary N) is 1. The highest BCUT2D eigenvalue weighted by Crippen LogP contribution is 2.10. The van der Waals surface area contributed by atoms with Gasteiger partial charge in [0.2, 0.25) is 5.95 Å². The Hall–Kier alpha value is -1.78. The Balaban J connectivity index is 2.94. The van der Waals surface area contributed by atoms with E-state index >= 15 is 0 Å². The van der Waals surface area contributed by atoms with Gasteiger partial charge in [-0.05, 0) is 13.0 Å². The lowest BCUT2D eigenvalue weighted by atomic mass is 10.4. The van der Waals surface area contributed by atoms with Crippen molar-refractivity contribution in [2.75, 3.05) is 5.73 Å². The molecule has 0 bridgehead atoms. The number of hydrogen-bond acceptors (Lipinski definition) is 3. The fourth-order valence-corrected chi connectivity index (χ4v) is 1.48. The van der Waals surface area contributed by atoms with Gasteiger partial charge in [-0.3, -0.25) is 9.36 Å². The Morgan fingerprint density at radius 2 is 2.29 bits per heavy atom. The van der Waals surface area contributed by atoms with Gasteiger partial charge in [-0.1, -0.05) is 0 Å². The van der Waals surface area contributed by atoms with Gasteiger partial charge in [0.15, 0.2) is 0 Å². The van der Waals surface area contributed by atoms with E-state index in [0.29, 0.717) is 11.0 Å². The zero-order valence-corrected chi connectivity index (χ0v) is 8.19. The Morgan fingerprint density at radius 3 is 2.93 bits per heavy atom. The summed E-state index contributed by atoms with van der Waals surface area (Å²) in [6, 6.07) is 1.77. The van der Waals surface area contributed by atoms with Crippen molar-refractivity contribution in [3.63, 3.8) is 0 Å². The summed E-state index contributed by atoms with van der Waals surface area (Å²) in [4.78, 5) is 15.9. The zero-order valence-electron chi connectivity index (χ0n) is 8.19. The highest BCUT2D eigenvalue weighted by molar-refractivity contribution is 5.76. The van der Waals surface area contributed by atoms with Crippen LogP contribution in [0.5, 0.6) is 0 Å². The number of nitrogen functional groups attached to an aromatic ring is 1. The lowest BCUT2D eigenvalue weighted by molar-refractivity contribution is 0.779. The number of anilines is 1. The highest BCUT2D eigenvalue weighted by atomic mass is 16.1. The first-order chi connectivity index (χ1) is 6.65. The maximum Gasteiger partial charge on any atom is 0.264 e. The smallest absolute Gasteiger partial charge is 0.264 e. The molecular weight excluding hydrogens is 180 g/mol. The Bertz CT molecular complexity index is 537. The molecule has 0 atom stereocenters. The number of hydrogen-bond donors (Lipinski definition) is 1. The van der Waals surface area contributed by atoms with Crippen LogP contribution < -0.4 is 11.3 Å². The van der Waals surface area contributed by atoms with Crippen molar-refractivity contribution >= 4 is 17.0 Å². The molecule has 0 aliphatic heterocycles. The van der Waals surface area contributed by atoms with Gasteiger partial charge in [0.05, 0.1) is 5.39 Å². The largest absolute Gasteiger partial charge is 0.369 e. The highest BCUT2D eigenvalue weighted by Gasteiger charge is 2.08. The third kappa shape index (κ3) is 1.02. The van der Waals surface area contributed by atoms with E-state index in [4.69, 9.17) is 5.73 Å². The van der Waals surface area contributed by atoms with Gasteiger partial charge >= 0.3 is 0 Å². The molecule has 5 heteroatoms. The van der Waals surface area contributed by atoms with E-state index < -0.39 is 0 Å². The van der Waals surface area contributed by atoms with Crippen LogP contribution in [0.2, 0.25) is 0 Å². The fourth-order valence-electron chi connectivity index (χ4n) is 1.48. The lowest BCUT2D eigenvalue weighted by Gasteiger charge is -2.03. The van der Waals surface area contributed by atoms with E-state index in [0.717, 1.165) is 6.54 Å². The fraction of sp³-hybridized carbons (Fsp3) is 0.333. The molecule has 14 heavy (non-hydrogen) atoms. The Labute approximate surface area is 80.8 Å². The molecule has 2 N–H and O–H groups in total. The monoisotopic (exact) mass is 192 g/mol. The summed E-state index contributed by atoms with van der Waals surface area (Å²) in [5.41, 5.74) is 6.17. The van der Waals surface area contributed by atoms with Gasteiger partial charge in [-0.25, -0.2) is 0 Å². The molecule has 0 spiro atoms. The van der Waals surface area contributed by atoms with Crippen molar-refractivity contribution in [3.05, 3.63) is 22.6 Å². The van der Waals surface area contributed by atoms with Crippen molar-refractivity contribution in [1.29, 1.82) is 0 Å². The number of aryl methyl sites for hydroxylation is 1. The Kier molecular flexibility index (Phi) is 1.80. The second-order valence-electron chi connectivity index (χ2n) is 3.17. The van der Waals surface area contributed by atoms with Crippen molar-refractivity contribution in [2.45, 2.75) is 13.5 Å². The van der Waals surface area contributed by atoms with Crippen LogP contribution in [0, 0.1) is 0 Å². The predicted molar refractivity (Wildman–Crippen MR) is 55.1 cm³/mol. The molecule has 0 saturated heterocycles. The molecule has 74 valence electrons. The van der Waals surface area contributed by atoms with Crippen molar-refractivity contribution < 1.29 is 0 Å². The standard InChI is InChI=1S/C9H12N4O/c1-3-13-5-4-6-7(13)11-9(10)12(2)8(6)14/h4-5H,3H2,1-2H3,(H2,10,11). The summed E-state index contributed by atoms with van der Waals surface area (Å²) in [6.07, 6.45) is 1.85. The van der Waals surface area contributed by atoms with Crippen LogP contribution in [0.3, 0.4) is 0 Å². The first-order valence-electron chi connectivity index (χ1n) is 4.46. The van der Waals surface area contributed by atoms with Crippen molar-refractivity contribution in [3.8, 4) is 0 Å². The lowest BCUT2D eigenvalue weighted by Crippen LogP contribution is -2.21. The second-order valence-corrected chi connectivity index (χ2v) is 3.17. The maximum absolute atomic E-state index is 11.7. The van der Waals surface area contributed by atoms with Gasteiger partial charge in [0, 0.05) is 19.8 Å². The molecule has 0 aliphatic carbocycles. The van der Waals surface area contributed by atoms with Gasteiger partial charge in [-0.2, -0.15) is 4.98 Å². The minimum absolute atomic E-state index is 0.0975. The van der Waals surface area contributed by atoms with Gasteiger partial charge in [0.1, 0.15) is 5.65 Å². The number of nitrogens with zero attached hydrogens (tertiary/aromatic N) is 3. The minimum atomic E-state index is -0.0975. The first kappa shape index (κ1) is 8.80. The van der Waals surface area contributed by atoms with Gasteiger partial charge in [0.25, 0.3) is 5.56 Å². The van der Waals surface area contributed by atoms with Crippen LogP contribution in [0.15, 0.2) is 17.1 Å². The second kappa shape index (κ2) is 2.87. The SMILES string of the molecule is CCn1ccc2c(=O)n(C)c(N)nc21. The summed E-state index contributed by atoms with van der Waals surface area (Å²) < 4.78 is 3.25. The van der Waals surface area contributed by atoms with Crippen LogP contribution in [-0.4, -0.2) is 14.1 Å². The average Bonchev–Trinajstić information content (AvgIpc) is 2.57. The first-order valence-corrected chi connectivity index (χ1v) is 4.46. The predicted octanol–water partition coefficient (Wildman–Crippen LogP) is 0.337. The van der Waals surface area contributed by atoms with Crippen LogP contribution in [0.1, 0.15) is 6.92 Å². The molecule has 0 fully saturated rings. The molecule has 0 amide bonds. The molecule has 0 aromatic carbocycles. The van der Waals surface area contributed by atoms with E-state index in [1.165, 1.54) is 4.57 Å². The number of aromatic nitrogens is 3. The summed E-state index contributed by atoms with van der Waals surface area (Å²) in [6.45, 7) is 2.78. The third-order valence-electron chi connectivity index (χ3n) is 2.37. The molecular formula is C9H12N4O. The van der Waals surface area contributed by atoms with Crippen LogP contribution in [-0.2, 0) is 13.6 Å². The van der Waals surface area contributed by atoms with Crippen molar-refractivity contribution in [2.24, 2.45) is 7.05 Å². The molecule has 2 heterocycles. The number of fused-ring (bicyclic) bond motifs is 1. The van der Waals surface area contributed by atoms with E-state index in [2.05, 4.69) is 4.98 Å². The molecule has 2 aromatic heterocycles.